The Labute approximate surface area is 148 Å². The van der Waals surface area contributed by atoms with Crippen LogP contribution in [0.3, 0.4) is 0 Å². The first-order valence-electron chi connectivity index (χ1n) is 7.86. The molecule has 0 saturated heterocycles. The molecule has 0 unspecified atom stereocenters. The largest absolute Gasteiger partial charge is 0.453 e. The number of halogens is 1. The summed E-state index contributed by atoms with van der Waals surface area (Å²) in [5.41, 5.74) is 7.73. The van der Waals surface area contributed by atoms with E-state index in [1.807, 2.05) is 13.1 Å². The van der Waals surface area contributed by atoms with Gasteiger partial charge in [-0.2, -0.15) is 4.98 Å². The lowest BCUT2D eigenvalue weighted by atomic mass is 10.2. The molecule has 1 aromatic carbocycles. The number of aromatic amines is 1. The second-order valence-electron chi connectivity index (χ2n) is 5.68. The number of nitrogens with two attached hydrogens (primary N) is 1. The van der Waals surface area contributed by atoms with Crippen LogP contribution in [0.1, 0.15) is 5.56 Å². The van der Waals surface area contributed by atoms with Gasteiger partial charge in [-0.1, -0.05) is 0 Å². The van der Waals surface area contributed by atoms with E-state index < -0.39 is 5.82 Å². The fourth-order valence-corrected chi connectivity index (χ4v) is 2.64. The average molecular weight is 350 g/mol. The third-order valence-electron chi connectivity index (χ3n) is 3.83. The van der Waals surface area contributed by atoms with E-state index in [1.54, 1.807) is 30.5 Å². The Hall–Kier alpha value is -3.68. The van der Waals surface area contributed by atoms with Gasteiger partial charge in [0.2, 0.25) is 5.95 Å². The molecule has 0 atom stereocenters. The van der Waals surface area contributed by atoms with Gasteiger partial charge in [0, 0.05) is 30.3 Å². The summed E-state index contributed by atoms with van der Waals surface area (Å²) in [7, 11) is 0. The summed E-state index contributed by atoms with van der Waals surface area (Å²) < 4.78 is 20.3. The third kappa shape index (κ3) is 3.00. The van der Waals surface area contributed by atoms with E-state index in [1.165, 1.54) is 12.3 Å². The second-order valence-corrected chi connectivity index (χ2v) is 5.68. The minimum atomic E-state index is -0.504. The van der Waals surface area contributed by atoms with Crippen LogP contribution < -0.4 is 15.8 Å². The average Bonchev–Trinajstić information content (AvgIpc) is 3.00. The van der Waals surface area contributed by atoms with Crippen molar-refractivity contribution >= 4 is 28.5 Å². The summed E-state index contributed by atoms with van der Waals surface area (Å²) in [5.74, 6) is 0.765. The molecule has 0 aliphatic heterocycles. The number of hydrogen-bond acceptors (Lipinski definition) is 6. The predicted molar refractivity (Wildman–Crippen MR) is 97.0 cm³/mol. The van der Waals surface area contributed by atoms with Crippen molar-refractivity contribution < 1.29 is 9.13 Å². The molecule has 0 fully saturated rings. The number of H-pyrrole nitrogens is 1. The number of nitrogens with one attached hydrogen (secondary N) is 2. The molecule has 0 amide bonds. The monoisotopic (exact) mass is 350 g/mol. The van der Waals surface area contributed by atoms with Gasteiger partial charge < -0.3 is 20.8 Å². The highest BCUT2D eigenvalue weighted by Gasteiger charge is 2.12. The van der Waals surface area contributed by atoms with E-state index >= 15 is 0 Å². The summed E-state index contributed by atoms with van der Waals surface area (Å²) in [4.78, 5) is 15.1. The molecule has 0 aliphatic carbocycles. The summed E-state index contributed by atoms with van der Waals surface area (Å²) in [6.07, 6.45) is 4.97. The molecule has 26 heavy (non-hydrogen) atoms. The Bertz CT molecular complexity index is 1090. The smallest absolute Gasteiger partial charge is 0.221 e. The van der Waals surface area contributed by atoms with Gasteiger partial charge in [-0.15, -0.1) is 0 Å². The molecule has 130 valence electrons. The van der Waals surface area contributed by atoms with Crippen molar-refractivity contribution in [2.75, 3.05) is 11.1 Å². The molecule has 4 aromatic rings. The predicted octanol–water partition coefficient (Wildman–Crippen LogP) is 3.92. The number of anilines is 3. The molecule has 3 aromatic heterocycles. The highest BCUT2D eigenvalue weighted by atomic mass is 19.1. The van der Waals surface area contributed by atoms with E-state index in [0.717, 1.165) is 10.9 Å². The highest BCUT2D eigenvalue weighted by Crippen LogP contribution is 2.33. The SMILES string of the molecule is Cc1c[nH]c2nccc(Oc3ccc(Nc4ccnc(N)n4)cc3F)c12. The van der Waals surface area contributed by atoms with Crippen LogP contribution in [0.4, 0.5) is 21.8 Å². The molecule has 0 saturated carbocycles. The first-order chi connectivity index (χ1) is 12.6. The van der Waals surface area contributed by atoms with Gasteiger partial charge in [0.1, 0.15) is 17.2 Å². The summed E-state index contributed by atoms with van der Waals surface area (Å²) >= 11 is 0. The number of fused-ring (bicyclic) bond motifs is 1. The number of pyridine rings is 1. The van der Waals surface area contributed by atoms with Crippen LogP contribution in [0.5, 0.6) is 11.5 Å². The van der Waals surface area contributed by atoms with Crippen molar-refractivity contribution in [3.63, 3.8) is 0 Å². The summed E-state index contributed by atoms with van der Waals surface area (Å²) in [5, 5.41) is 3.79. The van der Waals surface area contributed by atoms with Crippen molar-refractivity contribution in [1.29, 1.82) is 0 Å². The van der Waals surface area contributed by atoms with Crippen molar-refractivity contribution in [3.8, 4) is 11.5 Å². The van der Waals surface area contributed by atoms with Crippen molar-refractivity contribution in [2.45, 2.75) is 6.92 Å². The molecule has 0 radical (unpaired) electrons. The molecular formula is C18H15FN6O. The quantitative estimate of drug-likeness (QED) is 0.516. The second kappa shape index (κ2) is 6.32. The molecule has 4 rings (SSSR count). The van der Waals surface area contributed by atoms with Crippen molar-refractivity contribution in [3.05, 3.63) is 60.3 Å². The normalized spacial score (nSPS) is 10.8. The van der Waals surface area contributed by atoms with Crippen LogP contribution in [0.2, 0.25) is 0 Å². The first kappa shape index (κ1) is 15.8. The number of benzene rings is 1. The Morgan fingerprint density at radius 3 is 2.77 bits per heavy atom. The van der Waals surface area contributed by atoms with Crippen LogP contribution in [-0.2, 0) is 0 Å². The molecule has 0 bridgehead atoms. The summed E-state index contributed by atoms with van der Waals surface area (Å²) in [6, 6.07) is 7.92. The zero-order valence-electron chi connectivity index (χ0n) is 13.8. The van der Waals surface area contributed by atoms with E-state index in [2.05, 4.69) is 25.3 Å². The zero-order chi connectivity index (χ0) is 18.1. The fourth-order valence-electron chi connectivity index (χ4n) is 2.64. The highest BCUT2D eigenvalue weighted by molar-refractivity contribution is 5.86. The van der Waals surface area contributed by atoms with Gasteiger partial charge in [-0.05, 0) is 36.8 Å². The molecule has 0 spiro atoms. The van der Waals surface area contributed by atoms with Crippen LogP contribution in [-0.4, -0.2) is 19.9 Å². The topological polar surface area (TPSA) is 102 Å². The maximum atomic E-state index is 14.5. The number of ether oxygens (including phenoxy) is 1. The van der Waals surface area contributed by atoms with E-state index in [-0.39, 0.29) is 11.7 Å². The number of rotatable bonds is 4. The number of aryl methyl sites for hydroxylation is 1. The molecule has 8 heteroatoms. The Balaban J connectivity index is 1.61. The van der Waals surface area contributed by atoms with Crippen LogP contribution >= 0.6 is 0 Å². The molecule has 7 nitrogen and oxygen atoms in total. The molecule has 4 N–H and O–H groups in total. The minimum absolute atomic E-state index is 0.117. The van der Waals surface area contributed by atoms with E-state index in [9.17, 15) is 4.39 Å². The third-order valence-corrected chi connectivity index (χ3v) is 3.83. The van der Waals surface area contributed by atoms with Gasteiger partial charge >= 0.3 is 0 Å². The standard InChI is InChI=1S/C18H15FN6O/c1-10-9-23-17-16(10)14(4-6-21-17)26-13-3-2-11(8-12(13)19)24-15-5-7-22-18(20)25-15/h2-9H,1H3,(H,21,23)(H3,20,22,24,25). The zero-order valence-corrected chi connectivity index (χ0v) is 13.8. The molecule has 3 heterocycles. The molecule has 0 aliphatic rings. The van der Waals surface area contributed by atoms with Crippen molar-refractivity contribution in [2.24, 2.45) is 0 Å². The minimum Gasteiger partial charge on any atom is -0.453 e. The maximum Gasteiger partial charge on any atom is 0.221 e. The maximum absolute atomic E-state index is 14.5. The lowest BCUT2D eigenvalue weighted by Gasteiger charge is -2.11. The Kier molecular flexibility index (Phi) is 3.85. The number of hydrogen-bond donors (Lipinski definition) is 3. The molecular weight excluding hydrogens is 335 g/mol. The van der Waals surface area contributed by atoms with Gasteiger partial charge in [-0.25, -0.2) is 14.4 Å². The lowest BCUT2D eigenvalue weighted by Crippen LogP contribution is -1.99. The first-order valence-corrected chi connectivity index (χ1v) is 7.86. The van der Waals surface area contributed by atoms with E-state index in [0.29, 0.717) is 22.9 Å². The summed E-state index contributed by atoms with van der Waals surface area (Å²) in [6.45, 7) is 1.93. The Morgan fingerprint density at radius 1 is 1.12 bits per heavy atom. The Morgan fingerprint density at radius 2 is 1.96 bits per heavy atom. The fraction of sp³-hybridized carbons (Fsp3) is 0.0556. The van der Waals surface area contributed by atoms with Crippen molar-refractivity contribution in [1.82, 2.24) is 19.9 Å². The van der Waals surface area contributed by atoms with Gasteiger partial charge in [-0.3, -0.25) is 0 Å². The number of nitrogens with zero attached hydrogens (tertiary/aromatic N) is 3. The lowest BCUT2D eigenvalue weighted by molar-refractivity contribution is 0.446. The number of aromatic nitrogens is 4. The van der Waals surface area contributed by atoms with Crippen LogP contribution in [0, 0.1) is 12.7 Å². The van der Waals surface area contributed by atoms with Gasteiger partial charge in [0.15, 0.2) is 11.6 Å². The van der Waals surface area contributed by atoms with Crippen LogP contribution in [0.25, 0.3) is 11.0 Å². The van der Waals surface area contributed by atoms with Crippen LogP contribution in [0.15, 0.2) is 48.9 Å². The van der Waals surface area contributed by atoms with Gasteiger partial charge in [0.25, 0.3) is 0 Å². The number of nitrogen functional groups attached to an aromatic ring is 1. The van der Waals surface area contributed by atoms with Gasteiger partial charge in [0.05, 0.1) is 5.39 Å². The van der Waals surface area contributed by atoms with E-state index in [4.69, 9.17) is 10.5 Å².